The minimum atomic E-state index is -0.731. The minimum Gasteiger partial charge on any atom is -0.394 e. The average molecular weight is 647 g/mol. The molecule has 0 aliphatic rings. The van der Waals surface area contributed by atoms with E-state index in [1.165, 1.54) is 0 Å². The third-order valence-corrected chi connectivity index (χ3v) is 6.61. The summed E-state index contributed by atoms with van der Waals surface area (Å²) in [6.45, 7) is 6.43. The Morgan fingerprint density at radius 3 is 1.80 bits per heavy atom. The lowest BCUT2D eigenvalue weighted by atomic mass is 10.1. The van der Waals surface area contributed by atoms with E-state index in [-0.39, 0.29) is 57.3 Å². The van der Waals surface area contributed by atoms with Gasteiger partial charge in [0.05, 0.1) is 43.5 Å². The molecule has 0 saturated carbocycles. The van der Waals surface area contributed by atoms with Gasteiger partial charge in [-0.15, -0.1) is 0 Å². The molecule has 0 aromatic carbocycles. The number of carbonyl (C=O) groups excluding carboxylic acids is 2. The van der Waals surface area contributed by atoms with Crippen molar-refractivity contribution in [1.29, 1.82) is 0 Å². The first-order valence-corrected chi connectivity index (χ1v) is 14.2. The number of aryl methyl sites for hydroxylation is 2. The summed E-state index contributed by atoms with van der Waals surface area (Å²) >= 11 is 0. The summed E-state index contributed by atoms with van der Waals surface area (Å²) in [5, 5.41) is 31.3. The summed E-state index contributed by atoms with van der Waals surface area (Å²) in [5.41, 5.74) is 12.8. The molecule has 0 aliphatic carbocycles. The smallest absolute Gasteiger partial charge is 0.244 e. The van der Waals surface area contributed by atoms with Gasteiger partial charge in [-0.2, -0.15) is 20.2 Å². The molecule has 4 aromatic heterocycles. The number of aromatic nitrogens is 8. The zero-order chi connectivity index (χ0) is 32.2. The lowest BCUT2D eigenvalue weighted by Crippen LogP contribution is -2.27. The highest BCUT2D eigenvalue weighted by Crippen LogP contribution is 2.21. The maximum absolute atomic E-state index is 11.5. The van der Waals surface area contributed by atoms with E-state index < -0.39 is 18.0 Å². The van der Waals surface area contributed by atoms with Gasteiger partial charge in [0.25, 0.3) is 0 Å². The van der Waals surface area contributed by atoms with Gasteiger partial charge in [-0.3, -0.25) is 19.0 Å². The first-order valence-electron chi connectivity index (χ1n) is 14.2. The van der Waals surface area contributed by atoms with Gasteiger partial charge in [-0.05, 0) is 13.3 Å². The third kappa shape index (κ3) is 12.2. The van der Waals surface area contributed by atoms with Crippen LogP contribution in [-0.2, 0) is 36.8 Å². The van der Waals surface area contributed by atoms with Crippen molar-refractivity contribution in [3.63, 3.8) is 0 Å². The summed E-state index contributed by atoms with van der Waals surface area (Å²) in [6, 6.07) is -1.54. The number of nitrogens with two attached hydrogens (primary N) is 2. The molecule has 4 atom stereocenters. The number of hydrogen-bond acceptors (Lipinski definition) is 14. The van der Waals surface area contributed by atoms with Crippen molar-refractivity contribution in [2.24, 2.45) is 25.6 Å². The lowest BCUT2D eigenvalue weighted by Gasteiger charge is -2.12. The van der Waals surface area contributed by atoms with E-state index in [4.69, 9.17) is 25.6 Å². The van der Waals surface area contributed by atoms with Crippen LogP contribution >= 0.6 is 0 Å². The van der Waals surface area contributed by atoms with Crippen LogP contribution in [0.5, 0.6) is 0 Å². The number of nitrogens with zero attached hydrogens (tertiary/aromatic N) is 8. The highest BCUT2D eigenvalue weighted by Gasteiger charge is 2.24. The second kappa shape index (κ2) is 19.3. The molecule has 256 valence electrons. The normalized spacial score (nSPS) is 13.4. The highest BCUT2D eigenvalue weighted by atomic mass is 16.5. The Balaban J connectivity index is 0.000000441. The highest BCUT2D eigenvalue weighted by molar-refractivity contribution is 5.76. The van der Waals surface area contributed by atoms with Gasteiger partial charge in [0.2, 0.25) is 17.7 Å². The largest absolute Gasteiger partial charge is 0.394 e. The zero-order valence-corrected chi connectivity index (χ0v) is 25.7. The van der Waals surface area contributed by atoms with E-state index in [2.05, 4.69) is 55.0 Å². The Bertz CT molecular complexity index is 1350. The Morgan fingerprint density at radius 1 is 0.913 bits per heavy atom. The summed E-state index contributed by atoms with van der Waals surface area (Å²) in [5.74, 6) is 1.34. The number of primary amides is 1. The van der Waals surface area contributed by atoms with Gasteiger partial charge in [-0.25, -0.2) is 0 Å². The molecule has 46 heavy (non-hydrogen) atoms. The van der Waals surface area contributed by atoms with Crippen LogP contribution in [0.4, 0.5) is 0 Å². The van der Waals surface area contributed by atoms with Gasteiger partial charge in [0, 0.05) is 63.0 Å². The minimum absolute atomic E-state index is 0. The Labute approximate surface area is 269 Å². The second-order valence-corrected chi connectivity index (χ2v) is 10.6. The van der Waals surface area contributed by atoms with Gasteiger partial charge in [-0.1, -0.05) is 39.0 Å². The fraction of sp³-hybridized carbons (Fsp3) is 0.586. The van der Waals surface area contributed by atoms with Gasteiger partial charge in [0.15, 0.2) is 11.6 Å². The quantitative estimate of drug-likeness (QED) is 0.117. The number of nitrogens with one attached hydrogen (secondary N) is 2. The topological polar surface area (TPSA) is 244 Å². The van der Waals surface area contributed by atoms with E-state index in [1.54, 1.807) is 28.7 Å². The summed E-state index contributed by atoms with van der Waals surface area (Å²) in [7, 11) is 3.68. The van der Waals surface area contributed by atoms with Crippen LogP contribution in [-0.4, -0.2) is 63.2 Å². The number of Topliss-reactive ketones (excluding diaryl/α,β-unsaturated/α-hetero) is 1. The first kappa shape index (κ1) is 39.7. The number of hydrogen-bond donors (Lipinski definition) is 5. The second-order valence-electron chi connectivity index (χ2n) is 10.6. The molecule has 7 N–H and O–H groups in total. The Hall–Kier alpha value is -4.32. The molecule has 0 unspecified atom stereocenters. The lowest BCUT2D eigenvalue weighted by molar-refractivity contribution is -0.119. The molecule has 0 bridgehead atoms. The van der Waals surface area contributed by atoms with Crippen LogP contribution in [0.15, 0.2) is 33.8 Å². The molecular formula is C29H50N12O5. The molecule has 0 fully saturated rings. The third-order valence-electron chi connectivity index (χ3n) is 6.61. The number of aliphatic hydroxyl groups excluding tert-OH is 1. The molecule has 0 saturated heterocycles. The number of aliphatic hydroxyl groups is 1. The van der Waals surface area contributed by atoms with Crippen molar-refractivity contribution in [2.45, 2.75) is 92.0 Å². The fourth-order valence-electron chi connectivity index (χ4n) is 3.98. The maximum atomic E-state index is 11.5. The van der Waals surface area contributed by atoms with Crippen molar-refractivity contribution in [3.8, 4) is 0 Å². The van der Waals surface area contributed by atoms with Gasteiger partial charge < -0.3 is 36.3 Å². The Kier molecular flexibility index (Phi) is 16.6. The fourth-order valence-corrected chi connectivity index (χ4v) is 3.98. The summed E-state index contributed by atoms with van der Waals surface area (Å²) in [6.07, 6.45) is 8.52. The number of rotatable bonds is 16. The molecule has 4 aromatic rings. The summed E-state index contributed by atoms with van der Waals surface area (Å²) < 4.78 is 13.9. The van der Waals surface area contributed by atoms with Crippen LogP contribution in [0, 0.1) is 0 Å². The van der Waals surface area contributed by atoms with Gasteiger partial charge >= 0.3 is 0 Å². The molecule has 4 rings (SSSR count). The predicted octanol–water partition coefficient (Wildman–Crippen LogP) is 1.90. The predicted molar refractivity (Wildman–Crippen MR) is 169 cm³/mol. The molecule has 0 radical (unpaired) electrons. The van der Waals surface area contributed by atoms with Crippen LogP contribution < -0.4 is 22.1 Å². The molecule has 0 aliphatic heterocycles. The van der Waals surface area contributed by atoms with Crippen LogP contribution in [0.3, 0.4) is 0 Å². The molecule has 1 amide bonds. The number of ketones is 1. The van der Waals surface area contributed by atoms with E-state index >= 15 is 0 Å². The SMILES string of the molecule is C.C.CC[C@H](C)c1noc([C@H](CC(C)=O)NCc2cnn(C)c2)n1.Cn1cc(CN[C@@H](CC(N)=O)c2nc([C@@H](N)CO)no2)cn1. The number of carbonyl (C=O) groups is 2. The van der Waals surface area contributed by atoms with Crippen LogP contribution in [0.25, 0.3) is 0 Å². The van der Waals surface area contributed by atoms with Crippen molar-refractivity contribution < 1.29 is 23.7 Å². The van der Waals surface area contributed by atoms with E-state index in [0.29, 0.717) is 31.2 Å². The molecule has 4 heterocycles. The zero-order valence-electron chi connectivity index (χ0n) is 25.7. The molecule has 17 nitrogen and oxygen atoms in total. The Morgan fingerprint density at radius 2 is 1.39 bits per heavy atom. The van der Waals surface area contributed by atoms with E-state index in [9.17, 15) is 9.59 Å². The van der Waals surface area contributed by atoms with Crippen molar-refractivity contribution >= 4 is 11.7 Å². The van der Waals surface area contributed by atoms with E-state index in [0.717, 1.165) is 17.5 Å². The maximum Gasteiger partial charge on any atom is 0.244 e. The monoisotopic (exact) mass is 646 g/mol. The van der Waals surface area contributed by atoms with Crippen molar-refractivity contribution in [2.75, 3.05) is 6.61 Å². The van der Waals surface area contributed by atoms with Crippen molar-refractivity contribution in [3.05, 3.63) is 59.3 Å². The summed E-state index contributed by atoms with van der Waals surface area (Å²) in [4.78, 5) is 31.2. The first-order chi connectivity index (χ1) is 21.0. The van der Waals surface area contributed by atoms with Crippen LogP contribution in [0.2, 0.25) is 0 Å². The standard InChI is InChI=1S/C15H23N5O2.C12H19N7O3.2CH4/c1-5-10(2)14-18-15(22-19-14)13(6-11(3)21)16-7-12-8-17-20(4)9-12;1-19-5-7(4-16-19)3-15-9(2-10(14)21)12-17-11(18-22-12)8(13)6-20;;/h8-10,13,16H,5-7H2,1-4H3;4-5,8-9,15,20H,2-3,6,13H2,1H3,(H2,14,21);2*1H4/t10-,13-;8-,9-;;/m00../s1. The number of amides is 1. The average Bonchev–Trinajstić information content (AvgIpc) is 3.80. The molecule has 17 heteroatoms. The van der Waals surface area contributed by atoms with E-state index in [1.807, 2.05) is 26.5 Å². The van der Waals surface area contributed by atoms with Gasteiger partial charge in [0.1, 0.15) is 5.78 Å². The van der Waals surface area contributed by atoms with Crippen molar-refractivity contribution in [1.82, 2.24) is 50.5 Å². The molecular weight excluding hydrogens is 596 g/mol. The van der Waals surface area contributed by atoms with Crippen LogP contribution in [0.1, 0.15) is 113 Å². The molecule has 0 spiro atoms.